The molecule has 2 heterocycles. The van der Waals surface area contributed by atoms with Crippen molar-refractivity contribution in [1.82, 2.24) is 0 Å². The number of esters is 1. The van der Waals surface area contributed by atoms with Crippen molar-refractivity contribution in [2.24, 2.45) is 0 Å². The molecule has 4 rings (SSSR count). The molecular formula is C19H19NO5S. The van der Waals surface area contributed by atoms with Gasteiger partial charge in [-0.05, 0) is 54.8 Å². The smallest absolute Gasteiger partial charge is 0.341 e. The van der Waals surface area contributed by atoms with Gasteiger partial charge < -0.3 is 19.5 Å². The van der Waals surface area contributed by atoms with Gasteiger partial charge in [0.2, 0.25) is 0 Å². The molecule has 1 aliphatic heterocycles. The van der Waals surface area contributed by atoms with E-state index in [1.807, 2.05) is 5.38 Å². The lowest BCUT2D eigenvalue weighted by atomic mass is 10.1. The molecule has 1 N–H and O–H groups in total. The molecule has 0 unspecified atom stereocenters. The summed E-state index contributed by atoms with van der Waals surface area (Å²) in [4.78, 5) is 25.1. The van der Waals surface area contributed by atoms with Crippen molar-refractivity contribution >= 4 is 28.2 Å². The van der Waals surface area contributed by atoms with Crippen LogP contribution >= 0.6 is 11.3 Å². The zero-order chi connectivity index (χ0) is 18.1. The fourth-order valence-electron chi connectivity index (χ4n) is 2.93. The highest BCUT2D eigenvalue weighted by Gasteiger charge is 2.32. The van der Waals surface area contributed by atoms with Gasteiger partial charge in [0, 0.05) is 5.56 Å². The van der Waals surface area contributed by atoms with E-state index in [0.29, 0.717) is 53.4 Å². The van der Waals surface area contributed by atoms with Gasteiger partial charge in [0.15, 0.2) is 11.5 Å². The average molecular weight is 373 g/mol. The fraction of sp³-hybridized carbons (Fsp3) is 0.368. The van der Waals surface area contributed by atoms with Gasteiger partial charge in [-0.25, -0.2) is 4.79 Å². The summed E-state index contributed by atoms with van der Waals surface area (Å²) in [7, 11) is 0. The molecule has 26 heavy (non-hydrogen) atoms. The second kappa shape index (κ2) is 6.99. The summed E-state index contributed by atoms with van der Waals surface area (Å²) in [6, 6.07) is 5.06. The summed E-state index contributed by atoms with van der Waals surface area (Å²) in [6.45, 7) is 3.03. The molecule has 0 radical (unpaired) electrons. The van der Waals surface area contributed by atoms with Crippen molar-refractivity contribution in [3.63, 3.8) is 0 Å². The van der Waals surface area contributed by atoms with E-state index < -0.39 is 0 Å². The van der Waals surface area contributed by atoms with Crippen LogP contribution in [0.3, 0.4) is 0 Å². The van der Waals surface area contributed by atoms with Gasteiger partial charge in [-0.3, -0.25) is 4.79 Å². The van der Waals surface area contributed by atoms with Gasteiger partial charge in [0.1, 0.15) is 18.2 Å². The fourth-order valence-corrected chi connectivity index (χ4v) is 3.96. The Kier molecular flexibility index (Phi) is 4.55. The first kappa shape index (κ1) is 16.9. The average Bonchev–Trinajstić information content (AvgIpc) is 3.42. The molecule has 2 aromatic rings. The molecule has 1 aromatic carbocycles. The van der Waals surface area contributed by atoms with Crippen LogP contribution in [-0.4, -0.2) is 31.7 Å². The van der Waals surface area contributed by atoms with E-state index in [9.17, 15) is 9.59 Å². The maximum atomic E-state index is 12.7. The minimum absolute atomic E-state index is 0.295. The van der Waals surface area contributed by atoms with Gasteiger partial charge in [-0.2, -0.15) is 0 Å². The Balaban J connectivity index is 1.58. The Morgan fingerprint density at radius 2 is 2.00 bits per heavy atom. The molecule has 0 saturated heterocycles. The van der Waals surface area contributed by atoms with E-state index in [1.54, 1.807) is 25.1 Å². The van der Waals surface area contributed by atoms with Gasteiger partial charge in [-0.1, -0.05) is 0 Å². The third-order valence-electron chi connectivity index (χ3n) is 4.35. The summed E-state index contributed by atoms with van der Waals surface area (Å²) >= 11 is 1.36. The molecular weight excluding hydrogens is 354 g/mol. The van der Waals surface area contributed by atoms with Crippen LogP contribution in [0.5, 0.6) is 11.5 Å². The number of nitrogens with one attached hydrogen (secondary N) is 1. The molecule has 0 atom stereocenters. The minimum atomic E-state index is -0.381. The molecule has 1 saturated carbocycles. The molecule has 0 spiro atoms. The Morgan fingerprint density at radius 3 is 2.73 bits per heavy atom. The van der Waals surface area contributed by atoms with Crippen LogP contribution in [0.25, 0.3) is 0 Å². The largest absolute Gasteiger partial charge is 0.486 e. The number of hydrogen-bond acceptors (Lipinski definition) is 6. The number of anilines is 1. The van der Waals surface area contributed by atoms with Crippen LogP contribution in [0.1, 0.15) is 52.0 Å². The van der Waals surface area contributed by atoms with Crippen LogP contribution in [0.2, 0.25) is 0 Å². The van der Waals surface area contributed by atoms with E-state index >= 15 is 0 Å². The van der Waals surface area contributed by atoms with Gasteiger partial charge in [0.25, 0.3) is 5.91 Å². The van der Waals surface area contributed by atoms with Crippen molar-refractivity contribution in [3.8, 4) is 11.5 Å². The molecule has 1 amide bonds. The lowest BCUT2D eigenvalue weighted by Gasteiger charge is -2.18. The number of carbonyl (C=O) groups excluding carboxylic acids is 2. The van der Waals surface area contributed by atoms with Crippen LogP contribution in [0, 0.1) is 0 Å². The quantitative estimate of drug-likeness (QED) is 0.807. The van der Waals surface area contributed by atoms with Crippen LogP contribution < -0.4 is 14.8 Å². The number of benzene rings is 1. The van der Waals surface area contributed by atoms with Crippen molar-refractivity contribution < 1.29 is 23.8 Å². The first-order chi connectivity index (χ1) is 12.7. The highest BCUT2D eigenvalue weighted by atomic mass is 32.1. The van der Waals surface area contributed by atoms with E-state index in [-0.39, 0.29) is 11.9 Å². The van der Waals surface area contributed by atoms with Crippen molar-refractivity contribution in [3.05, 3.63) is 40.3 Å². The van der Waals surface area contributed by atoms with Crippen LogP contribution in [-0.2, 0) is 4.74 Å². The molecule has 2 aliphatic rings. The maximum Gasteiger partial charge on any atom is 0.341 e. The van der Waals surface area contributed by atoms with Gasteiger partial charge in [0.05, 0.1) is 12.2 Å². The molecule has 7 heteroatoms. The van der Waals surface area contributed by atoms with Crippen molar-refractivity contribution in [2.75, 3.05) is 25.1 Å². The highest BCUT2D eigenvalue weighted by molar-refractivity contribution is 7.15. The SMILES string of the molecule is CCOC(=O)c1c(C2CC2)csc1NC(=O)c1ccc2c(c1)OCCO2. The number of fused-ring (bicyclic) bond motifs is 1. The van der Waals surface area contributed by atoms with Gasteiger partial charge >= 0.3 is 5.97 Å². The summed E-state index contributed by atoms with van der Waals surface area (Å²) in [5.74, 6) is 0.905. The number of ether oxygens (including phenoxy) is 3. The summed E-state index contributed by atoms with van der Waals surface area (Å²) in [6.07, 6.45) is 2.14. The lowest BCUT2D eigenvalue weighted by Crippen LogP contribution is -2.18. The Hall–Kier alpha value is -2.54. The van der Waals surface area contributed by atoms with Crippen molar-refractivity contribution in [2.45, 2.75) is 25.7 Å². The van der Waals surface area contributed by atoms with Crippen molar-refractivity contribution in [1.29, 1.82) is 0 Å². The second-order valence-corrected chi connectivity index (χ2v) is 7.08. The molecule has 0 bridgehead atoms. The van der Waals surface area contributed by atoms with E-state index in [1.165, 1.54) is 11.3 Å². The summed E-state index contributed by atoms with van der Waals surface area (Å²) < 4.78 is 16.2. The number of hydrogen-bond donors (Lipinski definition) is 1. The third kappa shape index (κ3) is 3.26. The third-order valence-corrected chi connectivity index (χ3v) is 5.26. The normalized spacial score (nSPS) is 15.4. The number of amides is 1. The molecule has 1 fully saturated rings. The number of rotatable bonds is 5. The second-order valence-electron chi connectivity index (χ2n) is 6.20. The summed E-state index contributed by atoms with van der Waals surface area (Å²) in [5, 5.41) is 5.34. The van der Waals surface area contributed by atoms with E-state index in [0.717, 1.165) is 18.4 Å². The Labute approximate surface area is 155 Å². The van der Waals surface area contributed by atoms with E-state index in [2.05, 4.69) is 5.32 Å². The predicted molar refractivity (Wildman–Crippen MR) is 97.6 cm³/mol. The first-order valence-electron chi connectivity index (χ1n) is 8.67. The summed E-state index contributed by atoms with van der Waals surface area (Å²) in [5.41, 5.74) is 1.92. The molecule has 136 valence electrons. The Bertz CT molecular complexity index is 856. The predicted octanol–water partition coefficient (Wildman–Crippen LogP) is 3.83. The minimum Gasteiger partial charge on any atom is -0.486 e. The standard InChI is InChI=1S/C19H19NO5S/c1-2-23-19(22)16-13(11-3-4-11)10-26-18(16)20-17(21)12-5-6-14-15(9-12)25-8-7-24-14/h5-6,9-11H,2-4,7-8H2,1H3,(H,20,21). The Morgan fingerprint density at radius 1 is 1.23 bits per heavy atom. The monoisotopic (exact) mass is 373 g/mol. The first-order valence-corrected chi connectivity index (χ1v) is 9.55. The highest BCUT2D eigenvalue weighted by Crippen LogP contribution is 2.46. The maximum absolute atomic E-state index is 12.7. The van der Waals surface area contributed by atoms with E-state index in [4.69, 9.17) is 14.2 Å². The topological polar surface area (TPSA) is 73.9 Å². The lowest BCUT2D eigenvalue weighted by molar-refractivity contribution is 0.0527. The number of thiophene rings is 1. The number of carbonyl (C=O) groups is 2. The zero-order valence-electron chi connectivity index (χ0n) is 14.4. The molecule has 1 aliphatic carbocycles. The van der Waals surface area contributed by atoms with Crippen LogP contribution in [0.4, 0.5) is 5.00 Å². The molecule has 1 aromatic heterocycles. The molecule has 6 nitrogen and oxygen atoms in total. The van der Waals surface area contributed by atoms with Crippen LogP contribution in [0.15, 0.2) is 23.6 Å². The zero-order valence-corrected chi connectivity index (χ0v) is 15.2. The van der Waals surface area contributed by atoms with Gasteiger partial charge in [-0.15, -0.1) is 11.3 Å².